The maximum Gasteiger partial charge on any atom is 0.339 e. The van der Waals surface area contributed by atoms with Crippen LogP contribution in [0.25, 0.3) is 0 Å². The second kappa shape index (κ2) is 9.74. The summed E-state index contributed by atoms with van der Waals surface area (Å²) in [5.41, 5.74) is 0.400. The summed E-state index contributed by atoms with van der Waals surface area (Å²) in [7, 11) is 0. The van der Waals surface area contributed by atoms with E-state index in [1.165, 1.54) is 4.90 Å². The monoisotopic (exact) mass is 411 g/mol. The zero-order valence-electron chi connectivity index (χ0n) is 11.8. The van der Waals surface area contributed by atoms with Crippen LogP contribution in [-0.4, -0.2) is 36.5 Å². The van der Waals surface area contributed by atoms with Crippen LogP contribution in [0.5, 0.6) is 0 Å². The first-order chi connectivity index (χ1) is 10.6. The van der Waals surface area contributed by atoms with Crippen molar-refractivity contribution in [2.24, 2.45) is 0 Å². The summed E-state index contributed by atoms with van der Waals surface area (Å²) in [6, 6.07) is 10.8. The molecule has 0 fully saturated rings. The third-order valence-electron chi connectivity index (χ3n) is 2.76. The minimum Gasteiger partial charge on any atom is -0.452 e. The van der Waals surface area contributed by atoms with E-state index in [2.05, 4.69) is 0 Å². The molecule has 0 aliphatic heterocycles. The molecule has 0 saturated carbocycles. The zero-order valence-corrected chi connectivity index (χ0v) is 13.9. The average molecular weight is 411 g/mol. The molecule has 0 heterocycles. The number of ether oxygens (including phenoxy) is 1. The Bertz CT molecular complexity index is 601. The minimum atomic E-state index is -0.570. The molecule has 114 valence electrons. The summed E-state index contributed by atoms with van der Waals surface area (Å²) < 4.78 is 5.75. The summed E-state index contributed by atoms with van der Waals surface area (Å²) in [6.07, 6.45) is 0.337. The fourth-order valence-electron chi connectivity index (χ4n) is 1.65. The van der Waals surface area contributed by atoms with E-state index in [1.807, 2.05) is 34.7 Å². The third-order valence-corrected chi connectivity index (χ3v) is 3.70. The van der Waals surface area contributed by atoms with Gasteiger partial charge in [-0.1, -0.05) is 12.1 Å². The number of nitrogens with zero attached hydrogens (tertiary/aromatic N) is 3. The SMILES string of the molecule is N#CCCN(CCC#N)C(=O)COC(=O)c1ccccc1I. The fraction of sp³-hybridized carbons (Fsp3) is 0.333. The van der Waals surface area contributed by atoms with Crippen molar-refractivity contribution in [3.8, 4) is 12.1 Å². The summed E-state index contributed by atoms with van der Waals surface area (Å²) in [4.78, 5) is 25.3. The molecule has 0 aliphatic rings. The molecule has 7 heteroatoms. The number of nitriles is 2. The molecule has 0 atom stereocenters. The molecule has 0 bridgehead atoms. The van der Waals surface area contributed by atoms with Crippen LogP contribution in [-0.2, 0) is 9.53 Å². The van der Waals surface area contributed by atoms with Crippen LogP contribution in [0.3, 0.4) is 0 Å². The van der Waals surface area contributed by atoms with E-state index in [-0.39, 0.29) is 25.9 Å². The van der Waals surface area contributed by atoms with Crippen molar-refractivity contribution < 1.29 is 14.3 Å². The van der Waals surface area contributed by atoms with Gasteiger partial charge in [0.15, 0.2) is 6.61 Å². The molecule has 0 aromatic heterocycles. The van der Waals surface area contributed by atoms with Gasteiger partial charge >= 0.3 is 5.97 Å². The van der Waals surface area contributed by atoms with Gasteiger partial charge in [-0.05, 0) is 34.7 Å². The van der Waals surface area contributed by atoms with Gasteiger partial charge < -0.3 is 9.64 Å². The van der Waals surface area contributed by atoms with Crippen molar-refractivity contribution in [3.05, 3.63) is 33.4 Å². The van der Waals surface area contributed by atoms with Crippen molar-refractivity contribution in [2.75, 3.05) is 19.7 Å². The molecule has 6 nitrogen and oxygen atoms in total. The van der Waals surface area contributed by atoms with Gasteiger partial charge in [0, 0.05) is 16.7 Å². The lowest BCUT2D eigenvalue weighted by molar-refractivity contribution is -0.134. The number of esters is 1. The Labute approximate surface area is 142 Å². The molecule has 1 amide bonds. The quantitative estimate of drug-likeness (QED) is 0.506. The Morgan fingerprint density at radius 1 is 1.14 bits per heavy atom. The predicted octanol–water partition coefficient (Wildman–Crippen LogP) is 2.10. The number of benzene rings is 1. The predicted molar refractivity (Wildman–Crippen MR) is 86.5 cm³/mol. The smallest absolute Gasteiger partial charge is 0.339 e. The number of carbonyl (C=O) groups excluding carboxylic acids is 2. The normalized spacial score (nSPS) is 9.41. The molecule has 1 rings (SSSR count). The van der Waals surface area contributed by atoms with Gasteiger partial charge in [-0.15, -0.1) is 0 Å². The molecule has 0 unspecified atom stereocenters. The van der Waals surface area contributed by atoms with E-state index in [0.29, 0.717) is 5.56 Å². The Hall–Kier alpha value is -2.13. The molecule has 22 heavy (non-hydrogen) atoms. The summed E-state index contributed by atoms with van der Waals surface area (Å²) in [5, 5.41) is 17.2. The Morgan fingerprint density at radius 2 is 1.73 bits per heavy atom. The van der Waals surface area contributed by atoms with Crippen LogP contribution in [0.2, 0.25) is 0 Å². The zero-order chi connectivity index (χ0) is 16.4. The van der Waals surface area contributed by atoms with Gasteiger partial charge in [-0.2, -0.15) is 10.5 Å². The molecule has 0 N–H and O–H groups in total. The highest BCUT2D eigenvalue weighted by Gasteiger charge is 2.17. The third kappa shape index (κ3) is 5.70. The molecule has 1 aromatic rings. The highest BCUT2D eigenvalue weighted by atomic mass is 127. The van der Waals surface area contributed by atoms with Crippen LogP contribution in [0.4, 0.5) is 0 Å². The number of rotatable bonds is 7. The van der Waals surface area contributed by atoms with E-state index in [0.717, 1.165) is 3.57 Å². The molecule has 0 spiro atoms. The Morgan fingerprint density at radius 3 is 2.27 bits per heavy atom. The van der Waals surface area contributed by atoms with E-state index in [1.54, 1.807) is 24.3 Å². The Kier molecular flexibility index (Phi) is 7.94. The number of hydrogen-bond donors (Lipinski definition) is 0. The Balaban J connectivity index is 2.59. The highest BCUT2D eigenvalue weighted by Crippen LogP contribution is 2.12. The lowest BCUT2D eigenvalue weighted by atomic mass is 10.2. The lowest BCUT2D eigenvalue weighted by Gasteiger charge is -2.20. The molecule has 0 saturated heterocycles. The maximum absolute atomic E-state index is 12.0. The largest absolute Gasteiger partial charge is 0.452 e. The number of carbonyl (C=O) groups is 2. The molecular weight excluding hydrogens is 397 g/mol. The van der Waals surface area contributed by atoms with Crippen molar-refractivity contribution >= 4 is 34.5 Å². The lowest BCUT2D eigenvalue weighted by Crippen LogP contribution is -2.36. The summed E-state index contributed by atoms with van der Waals surface area (Å²) >= 11 is 2.01. The van der Waals surface area contributed by atoms with Gasteiger partial charge in [0.2, 0.25) is 0 Å². The van der Waals surface area contributed by atoms with Crippen molar-refractivity contribution in [1.29, 1.82) is 10.5 Å². The molecule has 0 radical (unpaired) electrons. The summed E-state index contributed by atoms with van der Waals surface area (Å²) in [6.45, 7) is 0.0372. The van der Waals surface area contributed by atoms with E-state index >= 15 is 0 Å². The van der Waals surface area contributed by atoms with Gasteiger partial charge in [0.05, 0.1) is 30.5 Å². The van der Waals surface area contributed by atoms with Crippen LogP contribution in [0.1, 0.15) is 23.2 Å². The van der Waals surface area contributed by atoms with Crippen LogP contribution >= 0.6 is 22.6 Å². The van der Waals surface area contributed by atoms with Gasteiger partial charge in [-0.3, -0.25) is 4.79 Å². The van der Waals surface area contributed by atoms with E-state index in [9.17, 15) is 9.59 Å². The van der Waals surface area contributed by atoms with Gasteiger partial charge in [0.25, 0.3) is 5.91 Å². The average Bonchev–Trinajstić information content (AvgIpc) is 2.53. The summed E-state index contributed by atoms with van der Waals surface area (Å²) in [5.74, 6) is -0.983. The first-order valence-electron chi connectivity index (χ1n) is 6.53. The van der Waals surface area contributed by atoms with Gasteiger partial charge in [0.1, 0.15) is 0 Å². The number of amides is 1. The van der Waals surface area contributed by atoms with Crippen LogP contribution in [0, 0.1) is 26.2 Å². The van der Waals surface area contributed by atoms with E-state index < -0.39 is 18.5 Å². The standard InChI is InChI=1S/C15H14IN3O3/c16-13-6-2-1-5-12(13)15(21)22-11-14(20)19(9-3-7-17)10-4-8-18/h1-2,5-6H,3-4,9-11H2. The van der Waals surface area contributed by atoms with Crippen molar-refractivity contribution in [2.45, 2.75) is 12.8 Å². The van der Waals surface area contributed by atoms with Crippen LogP contribution < -0.4 is 0 Å². The number of hydrogen-bond acceptors (Lipinski definition) is 5. The maximum atomic E-state index is 12.0. The topological polar surface area (TPSA) is 94.2 Å². The fourth-order valence-corrected chi connectivity index (χ4v) is 2.26. The first kappa shape index (κ1) is 17.9. The second-order valence-corrected chi connectivity index (χ2v) is 5.42. The minimum absolute atomic E-state index is 0.168. The van der Waals surface area contributed by atoms with E-state index in [4.69, 9.17) is 15.3 Å². The van der Waals surface area contributed by atoms with Crippen LogP contribution in [0.15, 0.2) is 24.3 Å². The number of halogens is 1. The molecule has 0 aliphatic carbocycles. The molecular formula is C15H14IN3O3. The second-order valence-electron chi connectivity index (χ2n) is 4.25. The van der Waals surface area contributed by atoms with Crippen molar-refractivity contribution in [1.82, 2.24) is 4.90 Å². The van der Waals surface area contributed by atoms with Crippen molar-refractivity contribution in [3.63, 3.8) is 0 Å². The highest BCUT2D eigenvalue weighted by molar-refractivity contribution is 14.1. The van der Waals surface area contributed by atoms with Gasteiger partial charge in [-0.25, -0.2) is 4.79 Å². The molecule has 1 aromatic carbocycles. The first-order valence-corrected chi connectivity index (χ1v) is 7.61.